The van der Waals surface area contributed by atoms with Crippen LogP contribution in [0.1, 0.15) is 38.8 Å². The Balaban J connectivity index is 2.76. The van der Waals surface area contributed by atoms with Crippen LogP contribution in [0.4, 0.5) is 5.69 Å². The van der Waals surface area contributed by atoms with E-state index in [1.54, 1.807) is 45.9 Å². The number of rotatable bonds is 7. The molecule has 0 atom stereocenters. The third-order valence-electron chi connectivity index (χ3n) is 2.86. The molecule has 0 aliphatic rings. The fourth-order valence-electron chi connectivity index (χ4n) is 1.49. The normalized spacial score (nSPS) is 11.2. The number of esters is 2. The summed E-state index contributed by atoms with van der Waals surface area (Å²) in [6.07, 6.45) is 0. The van der Waals surface area contributed by atoms with Gasteiger partial charge in [0.2, 0.25) is 0 Å². The Labute approximate surface area is 126 Å². The molecule has 0 aromatic heterocycles. The summed E-state index contributed by atoms with van der Waals surface area (Å²) in [7, 11) is 0. The molecule has 0 aliphatic carbocycles. The van der Waals surface area contributed by atoms with Gasteiger partial charge < -0.3 is 15.2 Å². The fourth-order valence-corrected chi connectivity index (χ4v) is 1.49. The second-order valence-corrected chi connectivity index (χ2v) is 5.52. The molecule has 1 aromatic rings. The summed E-state index contributed by atoms with van der Waals surface area (Å²) in [5.41, 5.74) is 4.31. The van der Waals surface area contributed by atoms with Crippen molar-refractivity contribution in [1.82, 2.24) is 0 Å². The molecule has 0 saturated heterocycles. The molecule has 1 rings (SSSR count). The number of nitrogens with two attached hydrogens (primary N) is 1. The van der Waals surface area contributed by atoms with Crippen molar-refractivity contribution in [2.24, 2.45) is 11.8 Å². The lowest BCUT2D eigenvalue weighted by Gasteiger charge is -2.12. The molecular formula is C16H23NO4. The Kier molecular flexibility index (Phi) is 5.60. The van der Waals surface area contributed by atoms with E-state index < -0.39 is 0 Å². The first-order valence-electron chi connectivity index (χ1n) is 7.48. The largest absolute Gasteiger partial charge is 0.461 e. The lowest BCUT2D eigenvalue weighted by molar-refractivity contribution is -0.149. The van der Waals surface area contributed by atoms with E-state index in [2.05, 4.69) is 5.73 Å². The van der Waals surface area contributed by atoms with E-state index in [9.17, 15) is 9.59 Å². The summed E-state index contributed by atoms with van der Waals surface area (Å²) < 4.78 is 17.6. The van der Waals surface area contributed by atoms with Gasteiger partial charge in [0.15, 0.2) is 1.41 Å². The minimum absolute atomic E-state index is 0.0736. The molecule has 0 spiro atoms. The van der Waals surface area contributed by atoms with Gasteiger partial charge in [0.05, 0.1) is 11.8 Å². The van der Waals surface area contributed by atoms with E-state index >= 15 is 0 Å². The Morgan fingerprint density at radius 2 is 1.67 bits per heavy atom. The summed E-state index contributed by atoms with van der Waals surface area (Å²) in [5.74, 6) is -0.953. The summed E-state index contributed by atoms with van der Waals surface area (Å²) in [6.45, 7) is 7.28. The van der Waals surface area contributed by atoms with Crippen LogP contribution in [0.5, 0.6) is 0 Å². The first-order chi connectivity index (χ1) is 10.3. The van der Waals surface area contributed by atoms with Crippen molar-refractivity contribution >= 4 is 17.6 Å². The molecule has 1 aromatic carbocycles. The summed E-state index contributed by atoms with van der Waals surface area (Å²) in [5, 5.41) is 0. The van der Waals surface area contributed by atoms with Gasteiger partial charge >= 0.3 is 11.9 Å². The number of anilines is 1. The number of hydrogen-bond donors (Lipinski definition) is 1. The van der Waals surface area contributed by atoms with Crippen molar-refractivity contribution in [3.8, 4) is 0 Å². The van der Waals surface area contributed by atoms with Gasteiger partial charge in [0.1, 0.15) is 13.2 Å². The molecule has 5 nitrogen and oxygen atoms in total. The van der Waals surface area contributed by atoms with E-state index in [1.165, 1.54) is 0 Å². The van der Waals surface area contributed by atoms with Crippen molar-refractivity contribution in [3.63, 3.8) is 0 Å². The first kappa shape index (κ1) is 15.4. The average molecular weight is 295 g/mol. The summed E-state index contributed by atoms with van der Waals surface area (Å²) >= 11 is 0. The van der Waals surface area contributed by atoms with Crippen LogP contribution in [0, 0.1) is 11.8 Å². The monoisotopic (exact) mass is 295 g/mol. The number of carbonyl (C=O) groups is 2. The van der Waals surface area contributed by atoms with E-state index in [1.807, 2.05) is 0 Å². The molecule has 0 unspecified atom stereocenters. The number of nitrogen functional groups attached to an aromatic ring is 1. The van der Waals surface area contributed by atoms with Gasteiger partial charge in [-0.05, 0) is 17.7 Å². The third kappa shape index (κ3) is 5.45. The molecule has 0 heterocycles. The molecule has 0 bridgehead atoms. The number of ether oxygens (including phenoxy) is 2. The number of hydrogen-bond acceptors (Lipinski definition) is 5. The Morgan fingerprint density at radius 1 is 1.10 bits per heavy atom. The van der Waals surface area contributed by atoms with Gasteiger partial charge in [-0.25, -0.2) is 0 Å². The summed E-state index contributed by atoms with van der Waals surface area (Å²) in [6, 6.07) is 5.22. The maximum absolute atomic E-state index is 11.5. The Hall–Kier alpha value is -2.04. The predicted octanol–water partition coefficient (Wildman–Crippen LogP) is 2.67. The van der Waals surface area contributed by atoms with Crippen LogP contribution in [0.3, 0.4) is 0 Å². The zero-order valence-electron chi connectivity index (χ0n) is 13.9. The van der Waals surface area contributed by atoms with E-state index in [0.717, 1.165) is 5.56 Å². The smallest absolute Gasteiger partial charge is 0.308 e. The van der Waals surface area contributed by atoms with Gasteiger partial charge in [-0.3, -0.25) is 9.59 Å². The fraction of sp³-hybridized carbons (Fsp3) is 0.500. The molecular weight excluding hydrogens is 270 g/mol. The second-order valence-electron chi connectivity index (χ2n) is 5.52. The highest BCUT2D eigenvalue weighted by Crippen LogP contribution is 2.17. The third-order valence-corrected chi connectivity index (χ3v) is 2.86. The molecule has 0 saturated carbocycles. The van der Waals surface area contributed by atoms with Gasteiger partial charge in [0.25, 0.3) is 0 Å². The highest BCUT2D eigenvalue weighted by atomic mass is 16.5. The zero-order valence-corrected chi connectivity index (χ0v) is 12.9. The van der Waals surface area contributed by atoms with Crippen LogP contribution in [0.25, 0.3) is 0 Å². The van der Waals surface area contributed by atoms with Crippen LogP contribution >= 0.6 is 0 Å². The minimum atomic E-state index is -0.299. The molecule has 0 fully saturated rings. The first-order valence-corrected chi connectivity index (χ1v) is 6.98. The van der Waals surface area contributed by atoms with Crippen molar-refractivity contribution in [2.75, 3.05) is 5.73 Å². The van der Waals surface area contributed by atoms with E-state index in [0.29, 0.717) is 11.3 Å². The van der Waals surface area contributed by atoms with Gasteiger partial charge in [-0.15, -0.1) is 0 Å². The van der Waals surface area contributed by atoms with Gasteiger partial charge in [-0.2, -0.15) is 0 Å². The highest BCUT2D eigenvalue weighted by Gasteiger charge is 2.11. The highest BCUT2D eigenvalue weighted by molar-refractivity contribution is 5.72. The van der Waals surface area contributed by atoms with Gasteiger partial charge in [0, 0.05) is 11.3 Å². The predicted molar refractivity (Wildman–Crippen MR) is 80.1 cm³/mol. The quantitative estimate of drug-likeness (QED) is 0.618. The van der Waals surface area contributed by atoms with Crippen LogP contribution in [-0.2, 0) is 32.3 Å². The molecule has 5 heteroatoms. The molecule has 0 amide bonds. The van der Waals surface area contributed by atoms with Crippen LogP contribution in [-0.4, -0.2) is 11.9 Å². The lowest BCUT2D eigenvalue weighted by Crippen LogP contribution is -2.13. The van der Waals surface area contributed by atoms with Crippen LogP contribution in [0.2, 0.25) is 1.41 Å². The standard InChI is InChI=1S/C16H23NO4/c1-10(2)15(18)20-8-12-5-6-14(17)13(7-12)9-21-16(19)11(3)4/h5-7,10-11H,8-9,17H2,1-4H3/i/hT. The maximum Gasteiger partial charge on any atom is 0.308 e. The van der Waals surface area contributed by atoms with Crippen LogP contribution < -0.4 is 5.73 Å². The topological polar surface area (TPSA) is 78.6 Å². The Bertz CT molecular complexity index is 529. The maximum atomic E-state index is 11.5. The lowest BCUT2D eigenvalue weighted by atomic mass is 10.1. The molecule has 0 aliphatic heterocycles. The van der Waals surface area contributed by atoms with E-state index in [-0.39, 0.29) is 37.0 Å². The average Bonchev–Trinajstić information content (AvgIpc) is 2.49. The Morgan fingerprint density at radius 3 is 2.19 bits per heavy atom. The van der Waals surface area contributed by atoms with Crippen molar-refractivity contribution in [3.05, 3.63) is 29.3 Å². The van der Waals surface area contributed by atoms with E-state index in [4.69, 9.17) is 10.9 Å². The van der Waals surface area contributed by atoms with Crippen molar-refractivity contribution in [2.45, 2.75) is 40.9 Å². The number of carbonyl (C=O) groups excluding carboxylic acids is 2. The van der Waals surface area contributed by atoms with Crippen molar-refractivity contribution in [1.29, 1.82) is 0 Å². The number of benzene rings is 1. The summed E-state index contributed by atoms with van der Waals surface area (Å²) in [4.78, 5) is 23.0. The molecule has 21 heavy (non-hydrogen) atoms. The minimum Gasteiger partial charge on any atom is -0.461 e. The zero-order chi connectivity index (χ0) is 16.7. The molecule has 0 radical (unpaired) electrons. The SMILES string of the molecule is [3H]Nc1ccc(COC(=O)C(C)C)cc1COC(=O)C(C)C. The second kappa shape index (κ2) is 7.67. The van der Waals surface area contributed by atoms with Gasteiger partial charge in [-0.1, -0.05) is 33.8 Å². The molecule has 116 valence electrons. The van der Waals surface area contributed by atoms with Crippen LogP contribution in [0.15, 0.2) is 18.2 Å². The van der Waals surface area contributed by atoms with Crippen molar-refractivity contribution < 1.29 is 20.5 Å². The molecule has 2 N–H and O–H groups in total.